The number of aromatic nitrogens is 1. The zero-order valence-electron chi connectivity index (χ0n) is 12.1. The van der Waals surface area contributed by atoms with Gasteiger partial charge in [0.2, 0.25) is 5.91 Å². The highest BCUT2D eigenvalue weighted by atomic mass is 33.1. The minimum atomic E-state index is 0.106. The average molecular weight is 331 g/mol. The Labute approximate surface area is 133 Å². The van der Waals surface area contributed by atoms with Crippen molar-refractivity contribution in [1.82, 2.24) is 4.98 Å². The predicted molar refractivity (Wildman–Crippen MR) is 91.8 cm³/mol. The van der Waals surface area contributed by atoms with Gasteiger partial charge in [0, 0.05) is 22.3 Å². The van der Waals surface area contributed by atoms with Crippen molar-refractivity contribution in [1.29, 1.82) is 0 Å². The molecule has 2 rings (SSSR count). The summed E-state index contributed by atoms with van der Waals surface area (Å²) in [6, 6.07) is 0. The first-order valence-electron chi connectivity index (χ1n) is 7.23. The number of nitrogens with one attached hydrogen (secondary N) is 1. The summed E-state index contributed by atoms with van der Waals surface area (Å²) in [4.78, 5) is 17.5. The number of carbonyl (C=O) groups is 1. The smallest absolute Gasteiger partial charge is 0.226 e. The van der Waals surface area contributed by atoms with Crippen molar-refractivity contribution in [2.75, 3.05) is 11.1 Å². The van der Waals surface area contributed by atoms with Crippen molar-refractivity contribution >= 4 is 44.0 Å². The zero-order valence-corrected chi connectivity index (χ0v) is 14.6. The molecule has 0 aromatic carbocycles. The second-order valence-electron chi connectivity index (χ2n) is 5.00. The Bertz CT molecular complexity index is 442. The molecule has 1 fully saturated rings. The molecule has 1 aliphatic heterocycles. The molecular weight excluding hydrogens is 308 g/mol. The van der Waals surface area contributed by atoms with E-state index in [4.69, 9.17) is 0 Å². The molecule has 1 aromatic heterocycles. The number of unbranched alkanes of at least 4 members (excludes halogenated alkanes) is 1. The van der Waals surface area contributed by atoms with Crippen LogP contribution in [0.1, 0.15) is 49.6 Å². The van der Waals surface area contributed by atoms with Crippen LogP contribution in [-0.2, 0) is 11.2 Å². The Morgan fingerprint density at radius 3 is 2.95 bits per heavy atom. The standard InChI is InChI=1S/C14H22N2OS3/c1-3-12-10(2)19-14(15-12)16-13(17)7-5-4-6-11-8-9-18-20-11/h11H,3-9H2,1-2H3,(H,15,16,17)/t11-/m0/s1. The Kier molecular flexibility index (Phi) is 6.71. The number of hydrogen-bond acceptors (Lipinski definition) is 5. The predicted octanol–water partition coefficient (Wildman–Crippen LogP) is 4.67. The quantitative estimate of drug-likeness (QED) is 0.583. The van der Waals surface area contributed by atoms with Gasteiger partial charge in [-0.05, 0) is 32.6 Å². The van der Waals surface area contributed by atoms with Crippen LogP contribution < -0.4 is 5.32 Å². The molecular formula is C14H22N2OS3. The maximum atomic E-state index is 11.9. The minimum absolute atomic E-state index is 0.106. The fourth-order valence-corrected chi connectivity index (χ4v) is 6.16. The highest BCUT2D eigenvalue weighted by Crippen LogP contribution is 2.39. The summed E-state index contributed by atoms with van der Waals surface area (Å²) < 4.78 is 0. The maximum absolute atomic E-state index is 11.9. The van der Waals surface area contributed by atoms with Gasteiger partial charge in [0.15, 0.2) is 5.13 Å². The van der Waals surface area contributed by atoms with Crippen molar-refractivity contribution in [3.8, 4) is 0 Å². The molecule has 6 heteroatoms. The molecule has 0 spiro atoms. The lowest BCUT2D eigenvalue weighted by Gasteiger charge is -2.06. The first kappa shape index (κ1) is 16.2. The van der Waals surface area contributed by atoms with Gasteiger partial charge >= 0.3 is 0 Å². The molecule has 2 heterocycles. The van der Waals surface area contributed by atoms with Gasteiger partial charge < -0.3 is 5.32 Å². The molecule has 0 radical (unpaired) electrons. The molecule has 20 heavy (non-hydrogen) atoms. The second kappa shape index (κ2) is 8.29. The third kappa shape index (κ3) is 4.97. The molecule has 0 aliphatic carbocycles. The van der Waals surface area contributed by atoms with Gasteiger partial charge in [0.25, 0.3) is 0 Å². The van der Waals surface area contributed by atoms with E-state index < -0.39 is 0 Å². The molecule has 1 aliphatic rings. The minimum Gasteiger partial charge on any atom is -0.302 e. The van der Waals surface area contributed by atoms with E-state index in [0.717, 1.165) is 35.3 Å². The number of amides is 1. The van der Waals surface area contributed by atoms with Crippen LogP contribution in [0, 0.1) is 6.92 Å². The van der Waals surface area contributed by atoms with E-state index in [1.54, 1.807) is 11.3 Å². The van der Waals surface area contributed by atoms with E-state index in [9.17, 15) is 4.79 Å². The summed E-state index contributed by atoms with van der Waals surface area (Å²) >= 11 is 1.58. The van der Waals surface area contributed by atoms with E-state index in [-0.39, 0.29) is 5.91 Å². The van der Waals surface area contributed by atoms with Crippen molar-refractivity contribution in [3.63, 3.8) is 0 Å². The fraction of sp³-hybridized carbons (Fsp3) is 0.714. The monoisotopic (exact) mass is 330 g/mol. The maximum Gasteiger partial charge on any atom is 0.226 e. The molecule has 0 unspecified atom stereocenters. The van der Waals surface area contributed by atoms with Crippen LogP contribution >= 0.6 is 32.9 Å². The number of rotatable bonds is 7. The van der Waals surface area contributed by atoms with Gasteiger partial charge in [-0.2, -0.15) is 0 Å². The lowest BCUT2D eigenvalue weighted by atomic mass is 10.1. The van der Waals surface area contributed by atoms with Gasteiger partial charge in [-0.3, -0.25) is 4.79 Å². The van der Waals surface area contributed by atoms with Crippen molar-refractivity contribution in [2.45, 2.75) is 57.6 Å². The number of aryl methyl sites for hydroxylation is 2. The van der Waals surface area contributed by atoms with Crippen molar-refractivity contribution in [2.24, 2.45) is 0 Å². The molecule has 1 aromatic rings. The summed E-state index contributed by atoms with van der Waals surface area (Å²) in [6.07, 6.45) is 6.27. The lowest BCUT2D eigenvalue weighted by Crippen LogP contribution is -2.11. The number of thiazole rings is 1. The summed E-state index contributed by atoms with van der Waals surface area (Å²) in [5.41, 5.74) is 1.10. The lowest BCUT2D eigenvalue weighted by molar-refractivity contribution is -0.116. The molecule has 0 saturated carbocycles. The van der Waals surface area contributed by atoms with E-state index >= 15 is 0 Å². The van der Waals surface area contributed by atoms with E-state index in [1.165, 1.54) is 23.5 Å². The second-order valence-corrected chi connectivity index (χ2v) is 8.99. The number of hydrogen-bond donors (Lipinski definition) is 1. The normalized spacial score (nSPS) is 18.4. The summed E-state index contributed by atoms with van der Waals surface area (Å²) in [5.74, 6) is 1.40. The highest BCUT2D eigenvalue weighted by molar-refractivity contribution is 8.77. The van der Waals surface area contributed by atoms with Gasteiger partial charge in [-0.25, -0.2) is 4.98 Å². The highest BCUT2D eigenvalue weighted by Gasteiger charge is 2.16. The van der Waals surface area contributed by atoms with Crippen LogP contribution in [0.4, 0.5) is 5.13 Å². The Morgan fingerprint density at radius 2 is 2.30 bits per heavy atom. The Balaban J connectivity index is 1.64. The van der Waals surface area contributed by atoms with Crippen molar-refractivity contribution < 1.29 is 4.79 Å². The van der Waals surface area contributed by atoms with Crippen LogP contribution in [0.15, 0.2) is 0 Å². The Hall–Kier alpha value is -0.200. The van der Waals surface area contributed by atoms with Gasteiger partial charge in [0.05, 0.1) is 5.69 Å². The molecule has 0 bridgehead atoms. The SMILES string of the molecule is CCc1nc(NC(=O)CCCC[C@H]2CCSS2)sc1C. The fourth-order valence-electron chi connectivity index (χ4n) is 2.21. The van der Waals surface area contributed by atoms with Crippen LogP contribution in [0.5, 0.6) is 0 Å². The summed E-state index contributed by atoms with van der Waals surface area (Å²) in [7, 11) is 4.00. The molecule has 1 saturated heterocycles. The molecule has 1 amide bonds. The van der Waals surface area contributed by atoms with Crippen LogP contribution in [0.3, 0.4) is 0 Å². The van der Waals surface area contributed by atoms with E-state index in [2.05, 4.69) is 24.1 Å². The largest absolute Gasteiger partial charge is 0.302 e. The Morgan fingerprint density at radius 1 is 1.45 bits per heavy atom. The third-order valence-electron chi connectivity index (χ3n) is 3.38. The molecule has 1 N–H and O–H groups in total. The summed E-state index contributed by atoms with van der Waals surface area (Å²) in [5, 5.41) is 4.50. The number of carbonyl (C=O) groups excluding carboxylic acids is 1. The van der Waals surface area contributed by atoms with Crippen LogP contribution in [0.2, 0.25) is 0 Å². The van der Waals surface area contributed by atoms with Crippen LogP contribution in [-0.4, -0.2) is 21.9 Å². The van der Waals surface area contributed by atoms with Gasteiger partial charge in [-0.15, -0.1) is 11.3 Å². The number of nitrogens with zero attached hydrogens (tertiary/aromatic N) is 1. The van der Waals surface area contributed by atoms with Gasteiger partial charge in [0.1, 0.15) is 0 Å². The van der Waals surface area contributed by atoms with Crippen molar-refractivity contribution in [3.05, 3.63) is 10.6 Å². The van der Waals surface area contributed by atoms with E-state index in [1.807, 2.05) is 21.6 Å². The van der Waals surface area contributed by atoms with Crippen LogP contribution in [0.25, 0.3) is 0 Å². The molecule has 3 nitrogen and oxygen atoms in total. The van der Waals surface area contributed by atoms with Gasteiger partial charge in [-0.1, -0.05) is 34.9 Å². The average Bonchev–Trinajstić information content (AvgIpc) is 3.04. The summed E-state index contributed by atoms with van der Waals surface area (Å²) in [6.45, 7) is 4.15. The molecule has 1 atom stereocenters. The first-order valence-corrected chi connectivity index (χ1v) is 10.4. The van der Waals surface area contributed by atoms with E-state index in [0.29, 0.717) is 6.42 Å². The number of anilines is 1. The third-order valence-corrected chi connectivity index (χ3v) is 7.32. The molecule has 112 valence electrons. The zero-order chi connectivity index (χ0) is 14.4. The topological polar surface area (TPSA) is 42.0 Å². The first-order chi connectivity index (χ1) is 9.69.